The van der Waals surface area contributed by atoms with Crippen LogP contribution < -0.4 is 5.32 Å². The standard InChI is InChI=1S/C21H28N2O6/c1-12-15(18(24)27-6)17(16(13(2)22-12)19(25)28-7)14-9-8-10-23(11-14)20(26)29-21(3,4)5/h8-10,17,22H,11H2,1-7H3. The molecular formula is C21H28N2O6. The van der Waals surface area contributed by atoms with Crippen LogP contribution in [0.4, 0.5) is 4.79 Å². The molecule has 0 saturated carbocycles. The molecule has 0 radical (unpaired) electrons. The van der Waals surface area contributed by atoms with Gasteiger partial charge in [0.05, 0.1) is 31.9 Å². The number of amides is 1. The third-order valence-corrected chi connectivity index (χ3v) is 4.50. The van der Waals surface area contributed by atoms with E-state index >= 15 is 0 Å². The second kappa shape index (κ2) is 8.55. The summed E-state index contributed by atoms with van der Waals surface area (Å²) in [5.74, 6) is -1.84. The third kappa shape index (κ3) is 4.88. The molecule has 29 heavy (non-hydrogen) atoms. The molecule has 0 spiro atoms. The number of rotatable bonds is 3. The van der Waals surface area contributed by atoms with Crippen molar-refractivity contribution in [3.05, 3.63) is 46.5 Å². The molecule has 158 valence electrons. The third-order valence-electron chi connectivity index (χ3n) is 4.50. The van der Waals surface area contributed by atoms with Crippen molar-refractivity contribution in [1.82, 2.24) is 10.2 Å². The van der Waals surface area contributed by atoms with Crippen LogP contribution in [0.25, 0.3) is 0 Å². The minimum Gasteiger partial charge on any atom is -0.466 e. The number of nitrogens with zero attached hydrogens (tertiary/aromatic N) is 1. The van der Waals surface area contributed by atoms with Gasteiger partial charge in [0, 0.05) is 23.5 Å². The highest BCUT2D eigenvalue weighted by Crippen LogP contribution is 2.37. The van der Waals surface area contributed by atoms with Gasteiger partial charge in [0.2, 0.25) is 0 Å². The highest BCUT2D eigenvalue weighted by molar-refractivity contribution is 5.99. The predicted octanol–water partition coefficient (Wildman–Crippen LogP) is 2.79. The lowest BCUT2D eigenvalue weighted by molar-refractivity contribution is -0.137. The van der Waals surface area contributed by atoms with Crippen LogP contribution in [0.5, 0.6) is 0 Å². The number of esters is 2. The molecule has 2 aliphatic heterocycles. The number of ether oxygens (including phenoxy) is 3. The number of methoxy groups -OCH3 is 2. The van der Waals surface area contributed by atoms with E-state index in [1.165, 1.54) is 19.1 Å². The Morgan fingerprint density at radius 1 is 1.03 bits per heavy atom. The first kappa shape index (κ1) is 22.3. The van der Waals surface area contributed by atoms with E-state index < -0.39 is 29.6 Å². The van der Waals surface area contributed by atoms with Crippen LogP contribution in [0.1, 0.15) is 34.6 Å². The number of allylic oxidation sites excluding steroid dienone is 4. The van der Waals surface area contributed by atoms with Crippen molar-refractivity contribution in [2.75, 3.05) is 20.8 Å². The second-order valence-electron chi connectivity index (χ2n) is 7.81. The monoisotopic (exact) mass is 404 g/mol. The molecular weight excluding hydrogens is 376 g/mol. The summed E-state index contributed by atoms with van der Waals surface area (Å²) in [4.78, 5) is 39.0. The van der Waals surface area contributed by atoms with Gasteiger partial charge in [-0.05, 0) is 46.3 Å². The molecule has 0 unspecified atom stereocenters. The molecule has 2 rings (SSSR count). The van der Waals surface area contributed by atoms with Crippen molar-refractivity contribution in [2.45, 2.75) is 40.2 Å². The van der Waals surface area contributed by atoms with E-state index in [0.717, 1.165) is 0 Å². The average Bonchev–Trinajstić information content (AvgIpc) is 2.65. The summed E-state index contributed by atoms with van der Waals surface area (Å²) in [5, 5.41) is 3.05. The van der Waals surface area contributed by atoms with Gasteiger partial charge in [0.1, 0.15) is 5.60 Å². The van der Waals surface area contributed by atoms with E-state index in [9.17, 15) is 14.4 Å². The number of hydrogen-bond acceptors (Lipinski definition) is 7. The molecule has 8 nitrogen and oxygen atoms in total. The van der Waals surface area contributed by atoms with Gasteiger partial charge in [0.25, 0.3) is 0 Å². The van der Waals surface area contributed by atoms with E-state index in [4.69, 9.17) is 14.2 Å². The highest BCUT2D eigenvalue weighted by atomic mass is 16.6. The lowest BCUT2D eigenvalue weighted by atomic mass is 9.79. The van der Waals surface area contributed by atoms with Gasteiger partial charge in [-0.2, -0.15) is 0 Å². The predicted molar refractivity (Wildman–Crippen MR) is 106 cm³/mol. The summed E-state index contributed by atoms with van der Waals surface area (Å²) < 4.78 is 15.3. The minimum absolute atomic E-state index is 0.150. The molecule has 0 aromatic carbocycles. The highest BCUT2D eigenvalue weighted by Gasteiger charge is 2.39. The van der Waals surface area contributed by atoms with Gasteiger partial charge in [-0.25, -0.2) is 14.4 Å². The SMILES string of the molecule is COC(=O)C1=C(C)NC(C)=C(C(=O)OC)C1C1=CC=CN(C(=O)OC(C)(C)C)C1. The van der Waals surface area contributed by atoms with E-state index in [-0.39, 0.29) is 6.54 Å². The first-order chi connectivity index (χ1) is 13.5. The molecule has 0 bridgehead atoms. The molecule has 2 heterocycles. The molecule has 0 atom stereocenters. The zero-order chi connectivity index (χ0) is 21.9. The zero-order valence-corrected chi connectivity index (χ0v) is 17.9. The first-order valence-electron chi connectivity index (χ1n) is 9.22. The number of carbonyl (C=O) groups is 3. The molecule has 0 aromatic rings. The zero-order valence-electron chi connectivity index (χ0n) is 17.9. The topological polar surface area (TPSA) is 94.2 Å². The summed E-state index contributed by atoms with van der Waals surface area (Å²) in [6.45, 7) is 8.97. The van der Waals surface area contributed by atoms with Crippen molar-refractivity contribution >= 4 is 18.0 Å². The largest absolute Gasteiger partial charge is 0.466 e. The summed E-state index contributed by atoms with van der Waals surface area (Å²) in [7, 11) is 2.57. The number of nitrogens with one attached hydrogen (secondary N) is 1. The Balaban J connectivity index is 2.48. The Morgan fingerprint density at radius 3 is 2.00 bits per heavy atom. The fraction of sp³-hybridized carbons (Fsp3) is 0.476. The summed E-state index contributed by atoms with van der Waals surface area (Å²) in [6.07, 6.45) is 4.54. The van der Waals surface area contributed by atoms with E-state index in [0.29, 0.717) is 28.1 Å². The molecule has 1 amide bonds. The van der Waals surface area contributed by atoms with Crippen LogP contribution in [0, 0.1) is 5.92 Å². The van der Waals surface area contributed by atoms with E-state index in [2.05, 4.69) is 5.32 Å². The van der Waals surface area contributed by atoms with Crippen molar-refractivity contribution < 1.29 is 28.6 Å². The Hall–Kier alpha value is -3.03. The fourth-order valence-corrected chi connectivity index (χ4v) is 3.33. The molecule has 0 aromatic heterocycles. The number of hydrogen-bond donors (Lipinski definition) is 1. The van der Waals surface area contributed by atoms with Gasteiger partial charge in [-0.1, -0.05) is 6.08 Å². The molecule has 2 aliphatic rings. The van der Waals surface area contributed by atoms with Crippen LogP contribution in [0.3, 0.4) is 0 Å². The van der Waals surface area contributed by atoms with Crippen LogP contribution in [-0.2, 0) is 23.8 Å². The fourth-order valence-electron chi connectivity index (χ4n) is 3.33. The molecule has 1 N–H and O–H groups in total. The van der Waals surface area contributed by atoms with Crippen LogP contribution >= 0.6 is 0 Å². The summed E-state index contributed by atoms with van der Waals surface area (Å²) >= 11 is 0. The van der Waals surface area contributed by atoms with Gasteiger partial charge in [0.15, 0.2) is 0 Å². The molecule has 0 fully saturated rings. The van der Waals surface area contributed by atoms with Gasteiger partial charge >= 0.3 is 18.0 Å². The van der Waals surface area contributed by atoms with Crippen LogP contribution in [-0.4, -0.2) is 49.3 Å². The van der Waals surface area contributed by atoms with Crippen LogP contribution in [0.15, 0.2) is 46.5 Å². The normalized spacial score (nSPS) is 17.6. The maximum absolute atomic E-state index is 12.6. The minimum atomic E-state index is -0.717. The van der Waals surface area contributed by atoms with Crippen LogP contribution in [0.2, 0.25) is 0 Å². The lowest BCUT2D eigenvalue weighted by Crippen LogP contribution is -2.39. The summed E-state index contributed by atoms with van der Waals surface area (Å²) in [5.41, 5.74) is 1.76. The average molecular weight is 404 g/mol. The van der Waals surface area contributed by atoms with Crippen molar-refractivity contribution in [2.24, 2.45) is 5.92 Å². The van der Waals surface area contributed by atoms with Gasteiger partial charge < -0.3 is 19.5 Å². The molecule has 0 saturated heterocycles. The Labute approximate surface area is 170 Å². The smallest absolute Gasteiger partial charge is 0.414 e. The van der Waals surface area contributed by atoms with Gasteiger partial charge in [-0.3, -0.25) is 4.90 Å². The van der Waals surface area contributed by atoms with Crippen molar-refractivity contribution in [3.63, 3.8) is 0 Å². The number of carbonyl (C=O) groups excluding carboxylic acids is 3. The Kier molecular flexibility index (Phi) is 6.56. The second-order valence-corrected chi connectivity index (χ2v) is 7.81. The maximum atomic E-state index is 12.6. The molecule has 0 aliphatic carbocycles. The van der Waals surface area contributed by atoms with Gasteiger partial charge in [-0.15, -0.1) is 0 Å². The first-order valence-corrected chi connectivity index (χ1v) is 9.22. The van der Waals surface area contributed by atoms with E-state index in [1.54, 1.807) is 53.0 Å². The van der Waals surface area contributed by atoms with Crippen molar-refractivity contribution in [1.29, 1.82) is 0 Å². The quantitative estimate of drug-likeness (QED) is 0.571. The lowest BCUT2D eigenvalue weighted by Gasteiger charge is -2.34. The molecule has 8 heteroatoms. The Bertz CT molecular complexity index is 804. The number of dihydropyridines is 1. The Morgan fingerprint density at radius 2 is 1.55 bits per heavy atom. The van der Waals surface area contributed by atoms with E-state index in [1.807, 2.05) is 0 Å². The summed E-state index contributed by atoms with van der Waals surface area (Å²) in [6, 6.07) is 0. The maximum Gasteiger partial charge on any atom is 0.414 e. The van der Waals surface area contributed by atoms with Crippen molar-refractivity contribution in [3.8, 4) is 0 Å².